The number of carbonyl (C=O) groups excluding carboxylic acids is 1. The second-order valence-electron chi connectivity index (χ2n) is 6.50. The van der Waals surface area contributed by atoms with Crippen LogP contribution in [0.2, 0.25) is 0 Å². The molecular weight excluding hydrogens is 395 g/mol. The summed E-state index contributed by atoms with van der Waals surface area (Å²) in [6.45, 7) is 0. The molecule has 0 aliphatic heterocycles. The highest BCUT2D eigenvalue weighted by Gasteiger charge is 2.35. The number of benzene rings is 2. The summed E-state index contributed by atoms with van der Waals surface area (Å²) in [5, 5.41) is 2.54. The Hall–Kier alpha value is -3.81. The number of anilines is 1. The Morgan fingerprint density at radius 1 is 1.07 bits per heavy atom. The molecule has 1 amide bonds. The van der Waals surface area contributed by atoms with E-state index < -0.39 is 23.2 Å². The zero-order valence-electron chi connectivity index (χ0n) is 15.8. The van der Waals surface area contributed by atoms with Crippen molar-refractivity contribution in [3.8, 4) is 17.0 Å². The van der Waals surface area contributed by atoms with E-state index in [4.69, 9.17) is 4.74 Å². The number of ether oxygens (including phenoxy) is 1. The first-order valence-corrected chi connectivity index (χ1v) is 8.96. The van der Waals surface area contributed by atoms with Gasteiger partial charge in [0.1, 0.15) is 11.4 Å². The second kappa shape index (κ2) is 7.55. The van der Waals surface area contributed by atoms with Gasteiger partial charge < -0.3 is 14.5 Å². The summed E-state index contributed by atoms with van der Waals surface area (Å²) in [6.07, 6.45) is -0.968. The van der Waals surface area contributed by atoms with Crippen molar-refractivity contribution in [3.05, 3.63) is 84.2 Å². The van der Waals surface area contributed by atoms with E-state index in [0.29, 0.717) is 17.0 Å². The predicted octanol–water partition coefficient (Wildman–Crippen LogP) is 5.28. The lowest BCUT2D eigenvalue weighted by Crippen LogP contribution is -2.19. The molecule has 0 aliphatic rings. The van der Waals surface area contributed by atoms with E-state index in [2.05, 4.69) is 10.3 Å². The van der Waals surface area contributed by atoms with Gasteiger partial charge in [-0.1, -0.05) is 18.2 Å². The Bertz CT molecular complexity index is 1200. The lowest BCUT2D eigenvalue weighted by molar-refractivity contribution is -0.137. The van der Waals surface area contributed by atoms with Crippen LogP contribution in [0, 0.1) is 0 Å². The van der Waals surface area contributed by atoms with Crippen molar-refractivity contribution in [1.29, 1.82) is 0 Å². The fourth-order valence-corrected chi connectivity index (χ4v) is 3.16. The fourth-order valence-electron chi connectivity index (χ4n) is 3.16. The number of nitrogens with one attached hydrogen (secondary N) is 1. The Kier molecular flexibility index (Phi) is 4.91. The SMILES string of the molecule is COc1ccc(-c2cn3ccccc3n2)cc1NC(=O)c1ccccc1C(F)(F)F. The fraction of sp³-hybridized carbons (Fsp3) is 0.0909. The molecule has 0 radical (unpaired) electrons. The molecule has 0 aliphatic carbocycles. The summed E-state index contributed by atoms with van der Waals surface area (Å²) in [5.41, 5.74) is 0.846. The molecule has 2 heterocycles. The van der Waals surface area contributed by atoms with E-state index >= 15 is 0 Å². The smallest absolute Gasteiger partial charge is 0.417 e. The quantitative estimate of drug-likeness (QED) is 0.497. The number of amides is 1. The Labute approximate surface area is 169 Å². The number of pyridine rings is 1. The van der Waals surface area contributed by atoms with Crippen LogP contribution in [0.15, 0.2) is 73.1 Å². The Balaban J connectivity index is 1.71. The molecule has 2 aromatic carbocycles. The third-order valence-corrected chi connectivity index (χ3v) is 4.58. The van der Waals surface area contributed by atoms with Crippen molar-refractivity contribution >= 4 is 17.2 Å². The average Bonchev–Trinajstić information content (AvgIpc) is 3.17. The first kappa shape index (κ1) is 19.5. The predicted molar refractivity (Wildman–Crippen MR) is 107 cm³/mol. The molecule has 8 heteroatoms. The lowest BCUT2D eigenvalue weighted by atomic mass is 10.1. The monoisotopic (exact) mass is 411 g/mol. The Morgan fingerprint density at radius 2 is 1.83 bits per heavy atom. The maximum atomic E-state index is 13.3. The highest BCUT2D eigenvalue weighted by atomic mass is 19.4. The molecule has 0 spiro atoms. The number of halogens is 3. The molecule has 0 saturated heterocycles. The van der Waals surface area contributed by atoms with Crippen molar-refractivity contribution in [2.45, 2.75) is 6.18 Å². The third-order valence-electron chi connectivity index (χ3n) is 4.58. The van der Waals surface area contributed by atoms with Crippen LogP contribution in [-0.4, -0.2) is 22.4 Å². The molecule has 5 nitrogen and oxygen atoms in total. The zero-order chi connectivity index (χ0) is 21.3. The maximum Gasteiger partial charge on any atom is 0.417 e. The van der Waals surface area contributed by atoms with Crippen molar-refractivity contribution in [3.63, 3.8) is 0 Å². The van der Waals surface area contributed by atoms with Crippen LogP contribution in [-0.2, 0) is 6.18 Å². The summed E-state index contributed by atoms with van der Waals surface area (Å²) in [7, 11) is 1.42. The lowest BCUT2D eigenvalue weighted by Gasteiger charge is -2.15. The van der Waals surface area contributed by atoms with Gasteiger partial charge in [0.2, 0.25) is 0 Å². The van der Waals surface area contributed by atoms with Crippen molar-refractivity contribution in [1.82, 2.24) is 9.38 Å². The number of hydrogen-bond acceptors (Lipinski definition) is 3. The van der Waals surface area contributed by atoms with Gasteiger partial charge in [-0.05, 0) is 42.5 Å². The number of imidazole rings is 1. The first-order valence-electron chi connectivity index (χ1n) is 8.96. The second-order valence-corrected chi connectivity index (χ2v) is 6.50. The van der Waals surface area contributed by atoms with Gasteiger partial charge in [-0.15, -0.1) is 0 Å². The van der Waals surface area contributed by atoms with Crippen LogP contribution in [0.3, 0.4) is 0 Å². The minimum atomic E-state index is -4.64. The van der Waals surface area contributed by atoms with Crippen molar-refractivity contribution < 1.29 is 22.7 Å². The largest absolute Gasteiger partial charge is 0.495 e. The van der Waals surface area contributed by atoms with Crippen LogP contribution in [0.4, 0.5) is 18.9 Å². The molecule has 152 valence electrons. The van der Waals surface area contributed by atoms with Gasteiger partial charge in [0.15, 0.2) is 0 Å². The zero-order valence-corrected chi connectivity index (χ0v) is 15.8. The van der Waals surface area contributed by atoms with E-state index in [9.17, 15) is 18.0 Å². The Morgan fingerprint density at radius 3 is 2.57 bits per heavy atom. The van der Waals surface area contributed by atoms with Crippen LogP contribution in [0.1, 0.15) is 15.9 Å². The number of nitrogens with zero attached hydrogens (tertiary/aromatic N) is 2. The minimum Gasteiger partial charge on any atom is -0.495 e. The number of methoxy groups -OCH3 is 1. The molecule has 0 saturated carbocycles. The third kappa shape index (κ3) is 3.71. The highest BCUT2D eigenvalue weighted by molar-refractivity contribution is 6.06. The summed E-state index contributed by atoms with van der Waals surface area (Å²) in [6, 6.07) is 15.2. The minimum absolute atomic E-state index is 0.244. The summed E-state index contributed by atoms with van der Waals surface area (Å²) in [5.74, 6) is -0.561. The molecule has 0 unspecified atom stereocenters. The number of hydrogen-bond donors (Lipinski definition) is 1. The van der Waals surface area contributed by atoms with Gasteiger partial charge in [0, 0.05) is 18.0 Å². The number of aromatic nitrogens is 2. The van der Waals surface area contributed by atoms with Crippen molar-refractivity contribution in [2.75, 3.05) is 12.4 Å². The van der Waals surface area contributed by atoms with E-state index in [1.54, 1.807) is 18.2 Å². The van der Waals surface area contributed by atoms with E-state index in [0.717, 1.165) is 17.8 Å². The summed E-state index contributed by atoms with van der Waals surface area (Å²) >= 11 is 0. The van der Waals surface area contributed by atoms with Crippen molar-refractivity contribution in [2.24, 2.45) is 0 Å². The molecule has 2 aromatic heterocycles. The van der Waals surface area contributed by atoms with Crippen LogP contribution < -0.4 is 10.1 Å². The summed E-state index contributed by atoms with van der Waals surface area (Å²) in [4.78, 5) is 17.2. The van der Waals surface area contributed by atoms with Gasteiger partial charge in [0.25, 0.3) is 5.91 Å². The van der Waals surface area contributed by atoms with E-state index in [1.165, 1.54) is 19.2 Å². The van der Waals surface area contributed by atoms with Crippen LogP contribution in [0.25, 0.3) is 16.9 Å². The number of fused-ring (bicyclic) bond motifs is 1. The number of rotatable bonds is 4. The molecule has 4 rings (SSSR count). The molecule has 0 atom stereocenters. The molecule has 4 aromatic rings. The van der Waals surface area contributed by atoms with Crippen LogP contribution in [0.5, 0.6) is 5.75 Å². The van der Waals surface area contributed by atoms with Gasteiger partial charge >= 0.3 is 6.18 Å². The highest BCUT2D eigenvalue weighted by Crippen LogP contribution is 2.34. The molecule has 1 N–H and O–H groups in total. The topological polar surface area (TPSA) is 55.6 Å². The standard InChI is InChI=1S/C22H16F3N3O2/c1-30-19-10-9-14(18-13-28-11-5-4-8-20(28)26-18)12-17(19)27-21(29)15-6-2-3-7-16(15)22(23,24)25/h2-13H,1H3,(H,27,29). The van der Waals surface area contributed by atoms with Gasteiger partial charge in [0.05, 0.1) is 29.6 Å². The average molecular weight is 411 g/mol. The van der Waals surface area contributed by atoms with Crippen LogP contribution >= 0.6 is 0 Å². The van der Waals surface area contributed by atoms with Gasteiger partial charge in [-0.2, -0.15) is 13.2 Å². The van der Waals surface area contributed by atoms with Gasteiger partial charge in [-0.3, -0.25) is 4.79 Å². The first-order chi connectivity index (χ1) is 14.4. The van der Waals surface area contributed by atoms with E-state index in [1.807, 2.05) is 35.0 Å². The van der Waals surface area contributed by atoms with Gasteiger partial charge in [-0.25, -0.2) is 4.98 Å². The van der Waals surface area contributed by atoms with E-state index in [-0.39, 0.29) is 5.69 Å². The molecule has 0 bridgehead atoms. The maximum absolute atomic E-state index is 13.3. The number of carbonyl (C=O) groups is 1. The molecule has 0 fully saturated rings. The molecule has 30 heavy (non-hydrogen) atoms. The number of alkyl halides is 3. The normalized spacial score (nSPS) is 11.5. The summed E-state index contributed by atoms with van der Waals surface area (Å²) < 4.78 is 46.9. The molecular formula is C22H16F3N3O2.